The molecule has 0 amide bonds. The van der Waals surface area contributed by atoms with Gasteiger partial charge < -0.3 is 9.47 Å². The van der Waals surface area contributed by atoms with Crippen LogP contribution in [-0.4, -0.2) is 24.8 Å². The number of unbranched alkanes of at least 4 members (excludes halogenated alkanes) is 1. The van der Waals surface area contributed by atoms with E-state index < -0.39 is 0 Å². The SMILES string of the molecule is CCCCOC1CCC(OC(=O)c2ccc(-c3ccc(F)cc3)cc2)CC1. The van der Waals surface area contributed by atoms with Crippen LogP contribution in [0.4, 0.5) is 4.39 Å². The summed E-state index contributed by atoms with van der Waals surface area (Å²) in [6.45, 7) is 2.98. The van der Waals surface area contributed by atoms with E-state index in [1.807, 2.05) is 12.1 Å². The van der Waals surface area contributed by atoms with Crippen LogP contribution < -0.4 is 0 Å². The highest BCUT2D eigenvalue weighted by molar-refractivity contribution is 5.90. The fraction of sp³-hybridized carbons (Fsp3) is 0.435. The average molecular weight is 370 g/mol. The van der Waals surface area contributed by atoms with Gasteiger partial charge in [-0.3, -0.25) is 0 Å². The molecule has 0 heterocycles. The Balaban J connectivity index is 1.49. The summed E-state index contributed by atoms with van der Waals surface area (Å²) in [7, 11) is 0. The number of carbonyl (C=O) groups excluding carboxylic acids is 1. The van der Waals surface area contributed by atoms with Gasteiger partial charge in [-0.25, -0.2) is 9.18 Å². The zero-order valence-corrected chi connectivity index (χ0v) is 15.8. The molecule has 1 aliphatic rings. The number of hydrogen-bond acceptors (Lipinski definition) is 3. The van der Waals surface area contributed by atoms with Gasteiger partial charge >= 0.3 is 5.97 Å². The Hall–Kier alpha value is -2.20. The van der Waals surface area contributed by atoms with E-state index in [9.17, 15) is 9.18 Å². The largest absolute Gasteiger partial charge is 0.459 e. The summed E-state index contributed by atoms with van der Waals surface area (Å²) in [5, 5.41) is 0. The summed E-state index contributed by atoms with van der Waals surface area (Å²) < 4.78 is 24.6. The van der Waals surface area contributed by atoms with Crippen LogP contribution in [-0.2, 0) is 9.47 Å². The van der Waals surface area contributed by atoms with E-state index in [0.717, 1.165) is 56.3 Å². The predicted octanol–water partition coefficient (Wildman–Crippen LogP) is 5.78. The number of esters is 1. The number of halogens is 1. The Labute approximate surface area is 160 Å². The van der Waals surface area contributed by atoms with E-state index in [0.29, 0.717) is 11.7 Å². The van der Waals surface area contributed by atoms with Crippen LogP contribution in [0.2, 0.25) is 0 Å². The van der Waals surface area contributed by atoms with Gasteiger partial charge in [0, 0.05) is 6.61 Å². The highest BCUT2D eigenvalue weighted by atomic mass is 19.1. The number of hydrogen-bond donors (Lipinski definition) is 0. The topological polar surface area (TPSA) is 35.5 Å². The Morgan fingerprint density at radius 3 is 2.07 bits per heavy atom. The quantitative estimate of drug-likeness (QED) is 0.458. The number of rotatable bonds is 7. The van der Waals surface area contributed by atoms with Crippen molar-refractivity contribution in [2.45, 2.75) is 57.7 Å². The van der Waals surface area contributed by atoms with Crippen LogP contribution >= 0.6 is 0 Å². The first-order valence-corrected chi connectivity index (χ1v) is 9.84. The van der Waals surface area contributed by atoms with Crippen molar-refractivity contribution in [3.05, 3.63) is 59.9 Å². The van der Waals surface area contributed by atoms with E-state index in [-0.39, 0.29) is 17.9 Å². The summed E-state index contributed by atoms with van der Waals surface area (Å²) in [5.74, 6) is -0.541. The third-order valence-electron chi connectivity index (χ3n) is 5.04. The first-order chi connectivity index (χ1) is 13.2. The van der Waals surface area contributed by atoms with Crippen LogP contribution in [0.3, 0.4) is 0 Å². The fourth-order valence-electron chi connectivity index (χ4n) is 3.37. The molecule has 3 nitrogen and oxygen atoms in total. The van der Waals surface area contributed by atoms with Crippen LogP contribution in [0.1, 0.15) is 55.8 Å². The molecule has 0 atom stereocenters. The molecular formula is C23H27FO3. The lowest BCUT2D eigenvalue weighted by molar-refractivity contribution is -0.0201. The smallest absolute Gasteiger partial charge is 0.338 e. The summed E-state index contributed by atoms with van der Waals surface area (Å²) in [4.78, 5) is 12.4. The lowest BCUT2D eigenvalue weighted by atomic mass is 9.95. The van der Waals surface area contributed by atoms with Gasteiger partial charge in [0.2, 0.25) is 0 Å². The maximum atomic E-state index is 13.0. The molecule has 0 aliphatic heterocycles. The maximum Gasteiger partial charge on any atom is 0.338 e. The zero-order chi connectivity index (χ0) is 19.1. The molecule has 144 valence electrons. The molecule has 2 aromatic carbocycles. The van der Waals surface area contributed by atoms with Crippen LogP contribution in [0.15, 0.2) is 48.5 Å². The zero-order valence-electron chi connectivity index (χ0n) is 15.8. The van der Waals surface area contributed by atoms with Crippen LogP contribution in [0.5, 0.6) is 0 Å². The van der Waals surface area contributed by atoms with Gasteiger partial charge in [-0.05, 0) is 67.5 Å². The molecule has 0 radical (unpaired) electrons. The molecule has 0 N–H and O–H groups in total. The predicted molar refractivity (Wildman–Crippen MR) is 104 cm³/mol. The molecule has 0 unspecified atom stereocenters. The van der Waals surface area contributed by atoms with E-state index in [4.69, 9.17) is 9.47 Å². The second-order valence-electron chi connectivity index (χ2n) is 7.11. The Bertz CT molecular complexity index is 716. The van der Waals surface area contributed by atoms with Gasteiger partial charge in [0.1, 0.15) is 11.9 Å². The van der Waals surface area contributed by atoms with Crippen molar-refractivity contribution in [1.82, 2.24) is 0 Å². The molecule has 3 rings (SSSR count). The minimum absolute atomic E-state index is 0.0275. The molecule has 1 aliphatic carbocycles. The summed E-state index contributed by atoms with van der Waals surface area (Å²) in [6, 6.07) is 13.6. The molecule has 2 aromatic rings. The molecule has 1 saturated carbocycles. The summed E-state index contributed by atoms with van der Waals surface area (Å²) >= 11 is 0. The Morgan fingerprint density at radius 1 is 0.926 bits per heavy atom. The van der Waals surface area contributed by atoms with Crippen molar-refractivity contribution in [2.75, 3.05) is 6.61 Å². The lowest BCUT2D eigenvalue weighted by Crippen LogP contribution is -2.28. The normalized spacial score (nSPS) is 19.6. The van der Waals surface area contributed by atoms with Gasteiger partial charge in [-0.15, -0.1) is 0 Å². The Kier molecular flexibility index (Phi) is 6.99. The van der Waals surface area contributed by atoms with Crippen molar-refractivity contribution < 1.29 is 18.7 Å². The third-order valence-corrected chi connectivity index (χ3v) is 5.04. The fourth-order valence-corrected chi connectivity index (χ4v) is 3.37. The molecule has 1 fully saturated rings. The molecule has 27 heavy (non-hydrogen) atoms. The van der Waals surface area contributed by atoms with Crippen molar-refractivity contribution >= 4 is 5.97 Å². The van der Waals surface area contributed by atoms with E-state index >= 15 is 0 Å². The minimum atomic E-state index is -0.281. The van der Waals surface area contributed by atoms with Crippen molar-refractivity contribution in [3.63, 3.8) is 0 Å². The average Bonchev–Trinajstić information content (AvgIpc) is 2.70. The maximum absolute atomic E-state index is 13.0. The summed E-state index contributed by atoms with van der Waals surface area (Å²) in [6.07, 6.45) is 6.14. The first kappa shape index (κ1) is 19.6. The van der Waals surface area contributed by atoms with Crippen molar-refractivity contribution in [2.24, 2.45) is 0 Å². The molecule has 4 heteroatoms. The van der Waals surface area contributed by atoms with Gasteiger partial charge in [0.15, 0.2) is 0 Å². The summed E-state index contributed by atoms with van der Waals surface area (Å²) in [5.41, 5.74) is 2.40. The van der Waals surface area contributed by atoms with E-state index in [1.165, 1.54) is 12.1 Å². The first-order valence-electron chi connectivity index (χ1n) is 9.84. The van der Waals surface area contributed by atoms with Crippen molar-refractivity contribution in [3.8, 4) is 11.1 Å². The number of benzene rings is 2. The molecule has 0 bridgehead atoms. The van der Waals surface area contributed by atoms with Crippen LogP contribution in [0, 0.1) is 5.82 Å². The molecule has 0 saturated heterocycles. The lowest BCUT2D eigenvalue weighted by Gasteiger charge is -2.28. The van der Waals surface area contributed by atoms with Crippen molar-refractivity contribution in [1.29, 1.82) is 0 Å². The van der Waals surface area contributed by atoms with Gasteiger partial charge in [-0.2, -0.15) is 0 Å². The van der Waals surface area contributed by atoms with Crippen LogP contribution in [0.25, 0.3) is 11.1 Å². The molecular weight excluding hydrogens is 343 g/mol. The monoisotopic (exact) mass is 370 g/mol. The number of carbonyl (C=O) groups is 1. The van der Waals surface area contributed by atoms with E-state index in [1.54, 1.807) is 24.3 Å². The van der Waals surface area contributed by atoms with Gasteiger partial charge in [-0.1, -0.05) is 37.6 Å². The second-order valence-corrected chi connectivity index (χ2v) is 7.11. The standard InChI is InChI=1S/C23H27FO3/c1-2-3-16-26-21-12-14-22(15-13-21)27-23(25)19-6-4-17(5-7-19)18-8-10-20(24)11-9-18/h4-11,21-22H,2-3,12-16H2,1H3. The Morgan fingerprint density at radius 2 is 1.48 bits per heavy atom. The highest BCUT2D eigenvalue weighted by Crippen LogP contribution is 2.25. The van der Waals surface area contributed by atoms with Gasteiger partial charge in [0.05, 0.1) is 11.7 Å². The molecule has 0 spiro atoms. The van der Waals surface area contributed by atoms with E-state index in [2.05, 4.69) is 6.92 Å². The highest BCUT2D eigenvalue weighted by Gasteiger charge is 2.24. The number of ether oxygens (including phenoxy) is 2. The molecule has 0 aromatic heterocycles. The second kappa shape index (κ2) is 9.65. The minimum Gasteiger partial charge on any atom is -0.459 e. The van der Waals surface area contributed by atoms with Gasteiger partial charge in [0.25, 0.3) is 0 Å². The third kappa shape index (κ3) is 5.64.